The fourth-order valence-electron chi connectivity index (χ4n) is 3.24. The smallest absolute Gasteiger partial charge is 0.267 e. The van der Waals surface area contributed by atoms with E-state index < -0.39 is 11.8 Å². The van der Waals surface area contributed by atoms with E-state index in [4.69, 9.17) is 0 Å². The van der Waals surface area contributed by atoms with Gasteiger partial charge in [-0.3, -0.25) is 25.4 Å². The molecule has 0 aliphatic heterocycles. The molecule has 0 spiro atoms. The van der Waals surface area contributed by atoms with E-state index in [1.165, 1.54) is 0 Å². The van der Waals surface area contributed by atoms with E-state index in [0.29, 0.717) is 22.5 Å². The Bertz CT molecular complexity index is 1230. The molecule has 31 heavy (non-hydrogen) atoms. The van der Waals surface area contributed by atoms with Crippen molar-refractivity contribution in [3.05, 3.63) is 102 Å². The van der Waals surface area contributed by atoms with Gasteiger partial charge in [-0.1, -0.05) is 48.5 Å². The van der Waals surface area contributed by atoms with Crippen molar-refractivity contribution in [3.8, 4) is 16.9 Å². The Morgan fingerprint density at radius 2 is 1.39 bits per heavy atom. The van der Waals surface area contributed by atoms with Crippen molar-refractivity contribution in [2.24, 2.45) is 0 Å². The van der Waals surface area contributed by atoms with Gasteiger partial charge in [0, 0.05) is 17.5 Å². The third-order valence-corrected chi connectivity index (χ3v) is 4.79. The summed E-state index contributed by atoms with van der Waals surface area (Å²) in [4.78, 5) is 29.8. The highest BCUT2D eigenvalue weighted by Gasteiger charge is 2.20. The molecule has 0 saturated carbocycles. The maximum Gasteiger partial charge on any atom is 0.273 e. The highest BCUT2D eigenvalue weighted by molar-refractivity contribution is 6.02. The summed E-state index contributed by atoms with van der Waals surface area (Å²) in [5, 5.41) is 4.61. The Hall–Kier alpha value is -4.26. The molecule has 7 heteroatoms. The number of amides is 2. The number of hydrogen-bond acceptors (Lipinski definition) is 4. The van der Waals surface area contributed by atoms with Crippen molar-refractivity contribution in [2.75, 3.05) is 0 Å². The average molecular weight is 411 g/mol. The van der Waals surface area contributed by atoms with E-state index in [1.54, 1.807) is 29.9 Å². The van der Waals surface area contributed by atoms with Crippen LogP contribution in [0.2, 0.25) is 0 Å². The van der Waals surface area contributed by atoms with Gasteiger partial charge in [0.1, 0.15) is 5.69 Å². The van der Waals surface area contributed by atoms with Gasteiger partial charge in [0.2, 0.25) is 0 Å². The van der Waals surface area contributed by atoms with Crippen LogP contribution in [0.4, 0.5) is 0 Å². The predicted molar refractivity (Wildman–Crippen MR) is 118 cm³/mol. The number of aryl methyl sites for hydroxylation is 2. The van der Waals surface area contributed by atoms with Gasteiger partial charge in [-0.05, 0) is 38.1 Å². The van der Waals surface area contributed by atoms with Gasteiger partial charge in [-0.2, -0.15) is 5.10 Å². The second-order valence-electron chi connectivity index (χ2n) is 7.03. The molecular formula is C24H21N5O2. The molecule has 0 atom stereocenters. The van der Waals surface area contributed by atoms with Crippen LogP contribution in [-0.4, -0.2) is 26.6 Å². The van der Waals surface area contributed by atoms with Crippen LogP contribution in [0, 0.1) is 13.8 Å². The maximum atomic E-state index is 13.0. The van der Waals surface area contributed by atoms with Crippen LogP contribution in [0.5, 0.6) is 0 Å². The molecule has 4 aromatic rings. The second-order valence-corrected chi connectivity index (χ2v) is 7.03. The monoisotopic (exact) mass is 411 g/mol. The molecule has 0 unspecified atom stereocenters. The zero-order valence-electron chi connectivity index (χ0n) is 17.2. The first-order valence-electron chi connectivity index (χ1n) is 9.78. The maximum absolute atomic E-state index is 13.0. The number of carbonyl (C=O) groups excluding carboxylic acids is 2. The lowest BCUT2D eigenvalue weighted by atomic mass is 10.1. The molecule has 4 rings (SSSR count). The van der Waals surface area contributed by atoms with Gasteiger partial charge in [0.15, 0.2) is 0 Å². The summed E-state index contributed by atoms with van der Waals surface area (Å²) in [6, 6.07) is 22.4. The molecule has 0 bridgehead atoms. The third kappa shape index (κ3) is 4.35. The van der Waals surface area contributed by atoms with Gasteiger partial charge in [0.05, 0.1) is 22.5 Å². The summed E-state index contributed by atoms with van der Waals surface area (Å²) < 4.78 is 1.65. The molecule has 7 nitrogen and oxygen atoms in total. The van der Waals surface area contributed by atoms with Gasteiger partial charge < -0.3 is 0 Å². The zero-order valence-corrected chi connectivity index (χ0v) is 17.2. The lowest BCUT2D eigenvalue weighted by Crippen LogP contribution is -2.42. The summed E-state index contributed by atoms with van der Waals surface area (Å²) >= 11 is 0. The average Bonchev–Trinajstić information content (AvgIpc) is 3.24. The van der Waals surface area contributed by atoms with E-state index in [0.717, 1.165) is 16.9 Å². The second kappa shape index (κ2) is 8.62. The normalized spacial score (nSPS) is 10.5. The van der Waals surface area contributed by atoms with Gasteiger partial charge in [0.25, 0.3) is 11.8 Å². The molecule has 2 aromatic heterocycles. The van der Waals surface area contributed by atoms with E-state index >= 15 is 0 Å². The molecule has 0 fully saturated rings. The molecule has 0 saturated heterocycles. The third-order valence-electron chi connectivity index (χ3n) is 4.79. The van der Waals surface area contributed by atoms with Crippen LogP contribution in [0.15, 0.2) is 79.0 Å². The lowest BCUT2D eigenvalue weighted by Gasteiger charge is -2.09. The summed E-state index contributed by atoms with van der Waals surface area (Å²) in [6.45, 7) is 3.60. The van der Waals surface area contributed by atoms with E-state index in [1.807, 2.05) is 67.6 Å². The SMILES string of the molecule is Cc1ccc(C(=O)NNC(=O)c2cn(-c3ccccc3)nc2-c2ccccc2)c(C)n1. The van der Waals surface area contributed by atoms with Crippen LogP contribution in [0.3, 0.4) is 0 Å². The fraction of sp³-hybridized carbons (Fsp3) is 0.0833. The van der Waals surface area contributed by atoms with Crippen LogP contribution < -0.4 is 10.9 Å². The van der Waals surface area contributed by atoms with Crippen LogP contribution in [0.1, 0.15) is 32.1 Å². The first-order chi connectivity index (χ1) is 15.0. The summed E-state index contributed by atoms with van der Waals surface area (Å²) in [6.07, 6.45) is 1.65. The first kappa shape index (κ1) is 20.0. The highest BCUT2D eigenvalue weighted by Crippen LogP contribution is 2.23. The Morgan fingerprint density at radius 3 is 2.03 bits per heavy atom. The number of pyridine rings is 1. The highest BCUT2D eigenvalue weighted by atomic mass is 16.2. The van der Waals surface area contributed by atoms with Crippen molar-refractivity contribution in [1.82, 2.24) is 25.6 Å². The zero-order chi connectivity index (χ0) is 21.8. The van der Waals surface area contributed by atoms with Crippen LogP contribution in [0.25, 0.3) is 16.9 Å². The van der Waals surface area contributed by atoms with Gasteiger partial charge in [-0.15, -0.1) is 0 Å². The van der Waals surface area contributed by atoms with Crippen LogP contribution in [-0.2, 0) is 0 Å². The number of para-hydroxylation sites is 1. The number of hydrogen-bond donors (Lipinski definition) is 2. The minimum absolute atomic E-state index is 0.342. The Morgan fingerprint density at radius 1 is 0.774 bits per heavy atom. The molecule has 2 aromatic carbocycles. The van der Waals surface area contributed by atoms with Gasteiger partial charge in [-0.25, -0.2) is 4.68 Å². The quantitative estimate of drug-likeness (QED) is 0.502. The first-order valence-corrected chi connectivity index (χ1v) is 9.78. The minimum atomic E-state index is -0.466. The number of carbonyl (C=O) groups is 2. The molecule has 154 valence electrons. The summed E-state index contributed by atoms with van der Waals surface area (Å²) in [5.41, 5.74) is 9.25. The fourth-order valence-corrected chi connectivity index (χ4v) is 3.24. The Kier molecular flexibility index (Phi) is 5.57. The Balaban J connectivity index is 1.61. The molecule has 2 amide bonds. The van der Waals surface area contributed by atoms with E-state index in [9.17, 15) is 9.59 Å². The van der Waals surface area contributed by atoms with Crippen molar-refractivity contribution < 1.29 is 9.59 Å². The number of nitrogens with zero attached hydrogens (tertiary/aromatic N) is 3. The van der Waals surface area contributed by atoms with Crippen molar-refractivity contribution in [2.45, 2.75) is 13.8 Å². The van der Waals surface area contributed by atoms with Crippen molar-refractivity contribution in [3.63, 3.8) is 0 Å². The molecule has 2 N–H and O–H groups in total. The summed E-state index contributed by atoms with van der Waals surface area (Å²) in [5.74, 6) is -0.901. The predicted octanol–water partition coefficient (Wildman–Crippen LogP) is 3.63. The molecule has 0 aliphatic carbocycles. The number of rotatable bonds is 4. The molecule has 0 radical (unpaired) electrons. The lowest BCUT2D eigenvalue weighted by molar-refractivity contribution is 0.0846. The number of benzene rings is 2. The topological polar surface area (TPSA) is 88.9 Å². The van der Waals surface area contributed by atoms with Crippen LogP contribution >= 0.6 is 0 Å². The molecule has 2 heterocycles. The van der Waals surface area contributed by atoms with Crippen molar-refractivity contribution >= 4 is 11.8 Å². The van der Waals surface area contributed by atoms with E-state index in [2.05, 4.69) is 20.9 Å². The minimum Gasteiger partial charge on any atom is -0.267 e. The molecular weight excluding hydrogens is 390 g/mol. The number of aromatic nitrogens is 3. The van der Waals surface area contributed by atoms with Gasteiger partial charge >= 0.3 is 0 Å². The number of nitrogens with one attached hydrogen (secondary N) is 2. The standard InChI is InChI=1S/C24H21N5O2/c1-16-13-14-20(17(2)25-16)23(30)26-27-24(31)21-15-29(19-11-7-4-8-12-19)28-22(21)18-9-5-3-6-10-18/h3-15H,1-2H3,(H,26,30)(H,27,31). The number of hydrazine groups is 1. The van der Waals surface area contributed by atoms with Crippen molar-refractivity contribution in [1.29, 1.82) is 0 Å². The van der Waals surface area contributed by atoms with E-state index in [-0.39, 0.29) is 0 Å². The molecule has 0 aliphatic rings. The largest absolute Gasteiger partial charge is 0.273 e. The summed E-state index contributed by atoms with van der Waals surface area (Å²) in [7, 11) is 0. The Labute approximate surface area is 179 Å².